The van der Waals surface area contributed by atoms with Crippen LogP contribution in [0.2, 0.25) is 0 Å². The van der Waals surface area contributed by atoms with Gasteiger partial charge < -0.3 is 15.8 Å². The third-order valence-corrected chi connectivity index (χ3v) is 2.74. The lowest BCUT2D eigenvalue weighted by Crippen LogP contribution is -2.36. The molecular formula is C13H20N2O2. The molecule has 1 atom stereocenters. The van der Waals surface area contributed by atoms with Gasteiger partial charge in [0.1, 0.15) is 0 Å². The fraction of sp³-hybridized carbons (Fsp3) is 0.462. The molecule has 17 heavy (non-hydrogen) atoms. The van der Waals surface area contributed by atoms with E-state index >= 15 is 0 Å². The Labute approximate surface area is 102 Å². The number of anilines is 1. The zero-order valence-electron chi connectivity index (χ0n) is 10.6. The topological polar surface area (TPSA) is 64.3 Å². The van der Waals surface area contributed by atoms with E-state index in [0.717, 1.165) is 11.3 Å². The monoisotopic (exact) mass is 236 g/mol. The molecule has 0 spiro atoms. The normalized spacial score (nSPS) is 12.2. The lowest BCUT2D eigenvalue weighted by molar-refractivity contribution is -0.117. The Bertz CT molecular complexity index is 391. The molecule has 0 radical (unpaired) electrons. The van der Waals surface area contributed by atoms with Crippen molar-refractivity contribution in [2.75, 3.05) is 19.0 Å². The summed E-state index contributed by atoms with van der Waals surface area (Å²) < 4.78 is 4.89. The zero-order chi connectivity index (χ0) is 12.8. The van der Waals surface area contributed by atoms with Gasteiger partial charge in [0.05, 0.1) is 6.04 Å². The second-order valence-corrected chi connectivity index (χ2v) is 4.18. The molecule has 0 heterocycles. The summed E-state index contributed by atoms with van der Waals surface area (Å²) in [6.45, 7) is 4.53. The molecule has 1 rings (SSSR count). The Morgan fingerprint density at radius 1 is 1.41 bits per heavy atom. The largest absolute Gasteiger partial charge is 0.385 e. The summed E-state index contributed by atoms with van der Waals surface area (Å²) in [5.74, 6) is -0.176. The number of nitrogens with two attached hydrogens (primary N) is 1. The Kier molecular flexibility index (Phi) is 5.12. The third-order valence-electron chi connectivity index (χ3n) is 2.74. The number of benzene rings is 1. The summed E-state index contributed by atoms with van der Waals surface area (Å²) in [5.41, 5.74) is 8.86. The van der Waals surface area contributed by atoms with E-state index in [1.54, 1.807) is 7.11 Å². The van der Waals surface area contributed by atoms with E-state index < -0.39 is 6.04 Å². The van der Waals surface area contributed by atoms with Crippen LogP contribution in [0.4, 0.5) is 5.69 Å². The molecule has 0 aliphatic carbocycles. The van der Waals surface area contributed by atoms with Crippen LogP contribution in [0, 0.1) is 13.8 Å². The van der Waals surface area contributed by atoms with Crippen LogP contribution in [0.1, 0.15) is 17.5 Å². The summed E-state index contributed by atoms with van der Waals surface area (Å²) >= 11 is 0. The second kappa shape index (κ2) is 6.37. The van der Waals surface area contributed by atoms with Crippen LogP contribution in [0.5, 0.6) is 0 Å². The summed E-state index contributed by atoms with van der Waals surface area (Å²) in [6, 6.07) is 5.27. The number of carbonyl (C=O) groups excluding carboxylic acids is 1. The minimum Gasteiger partial charge on any atom is -0.385 e. The quantitative estimate of drug-likeness (QED) is 0.816. The Morgan fingerprint density at radius 2 is 2.12 bits per heavy atom. The standard InChI is InChI=1S/C13H20N2O2/c1-9-4-5-11(8-10(9)2)15-13(16)12(14)6-7-17-3/h4-5,8,12H,6-7,14H2,1-3H3,(H,15,16). The van der Waals surface area contributed by atoms with Gasteiger partial charge in [0.25, 0.3) is 0 Å². The Balaban J connectivity index is 2.58. The van der Waals surface area contributed by atoms with Crippen LogP contribution in [-0.2, 0) is 9.53 Å². The molecule has 3 N–H and O–H groups in total. The van der Waals surface area contributed by atoms with E-state index in [4.69, 9.17) is 10.5 Å². The first kappa shape index (κ1) is 13.7. The van der Waals surface area contributed by atoms with E-state index in [0.29, 0.717) is 13.0 Å². The zero-order valence-corrected chi connectivity index (χ0v) is 10.6. The first-order valence-electron chi connectivity index (χ1n) is 5.67. The maximum Gasteiger partial charge on any atom is 0.241 e. The maximum atomic E-state index is 11.7. The lowest BCUT2D eigenvalue weighted by atomic mass is 10.1. The van der Waals surface area contributed by atoms with Gasteiger partial charge in [-0.3, -0.25) is 4.79 Å². The molecule has 4 nitrogen and oxygen atoms in total. The molecular weight excluding hydrogens is 216 g/mol. The molecule has 94 valence electrons. The maximum absolute atomic E-state index is 11.7. The molecule has 1 unspecified atom stereocenters. The molecule has 1 aromatic carbocycles. The number of aryl methyl sites for hydroxylation is 2. The number of amides is 1. The number of hydrogen-bond acceptors (Lipinski definition) is 3. The highest BCUT2D eigenvalue weighted by Crippen LogP contribution is 2.14. The fourth-order valence-electron chi connectivity index (χ4n) is 1.43. The average molecular weight is 236 g/mol. The number of rotatable bonds is 5. The van der Waals surface area contributed by atoms with E-state index in [1.165, 1.54) is 5.56 Å². The Hall–Kier alpha value is -1.39. The number of nitrogens with one attached hydrogen (secondary N) is 1. The molecule has 0 aliphatic rings. The van der Waals surface area contributed by atoms with Crippen LogP contribution in [0.3, 0.4) is 0 Å². The van der Waals surface area contributed by atoms with Crippen molar-refractivity contribution in [3.05, 3.63) is 29.3 Å². The molecule has 0 saturated heterocycles. The van der Waals surface area contributed by atoms with Crippen LogP contribution in [0.15, 0.2) is 18.2 Å². The van der Waals surface area contributed by atoms with Crippen molar-refractivity contribution in [1.29, 1.82) is 0 Å². The van der Waals surface area contributed by atoms with Gasteiger partial charge in [-0.1, -0.05) is 6.07 Å². The van der Waals surface area contributed by atoms with Gasteiger partial charge in [0, 0.05) is 19.4 Å². The summed E-state index contributed by atoms with van der Waals surface area (Å²) in [4.78, 5) is 11.7. The molecule has 0 fully saturated rings. The van der Waals surface area contributed by atoms with Crippen molar-refractivity contribution in [2.24, 2.45) is 5.73 Å². The number of methoxy groups -OCH3 is 1. The van der Waals surface area contributed by atoms with Crippen LogP contribution in [0.25, 0.3) is 0 Å². The van der Waals surface area contributed by atoms with E-state index in [1.807, 2.05) is 32.0 Å². The van der Waals surface area contributed by atoms with Gasteiger partial charge >= 0.3 is 0 Å². The van der Waals surface area contributed by atoms with E-state index in [-0.39, 0.29) is 5.91 Å². The van der Waals surface area contributed by atoms with Crippen LogP contribution >= 0.6 is 0 Å². The van der Waals surface area contributed by atoms with Crippen molar-refractivity contribution < 1.29 is 9.53 Å². The number of hydrogen-bond donors (Lipinski definition) is 2. The highest BCUT2D eigenvalue weighted by molar-refractivity contribution is 5.94. The van der Waals surface area contributed by atoms with E-state index in [9.17, 15) is 4.79 Å². The van der Waals surface area contributed by atoms with Gasteiger partial charge in [-0.25, -0.2) is 0 Å². The van der Waals surface area contributed by atoms with Crippen molar-refractivity contribution in [3.8, 4) is 0 Å². The first-order valence-corrected chi connectivity index (χ1v) is 5.67. The highest BCUT2D eigenvalue weighted by Gasteiger charge is 2.13. The number of ether oxygens (including phenoxy) is 1. The van der Waals surface area contributed by atoms with Gasteiger partial charge in [-0.2, -0.15) is 0 Å². The average Bonchev–Trinajstić information content (AvgIpc) is 2.30. The third kappa shape index (κ3) is 4.17. The SMILES string of the molecule is COCCC(N)C(=O)Nc1ccc(C)c(C)c1. The molecule has 0 bridgehead atoms. The van der Waals surface area contributed by atoms with Gasteiger partial charge in [-0.05, 0) is 43.5 Å². The van der Waals surface area contributed by atoms with Crippen molar-refractivity contribution in [1.82, 2.24) is 0 Å². The Morgan fingerprint density at radius 3 is 2.71 bits per heavy atom. The van der Waals surface area contributed by atoms with Crippen molar-refractivity contribution >= 4 is 11.6 Å². The molecule has 0 aromatic heterocycles. The summed E-state index contributed by atoms with van der Waals surface area (Å²) in [7, 11) is 1.59. The lowest BCUT2D eigenvalue weighted by Gasteiger charge is -2.12. The second-order valence-electron chi connectivity index (χ2n) is 4.18. The number of carbonyl (C=O) groups is 1. The first-order chi connectivity index (χ1) is 8.04. The summed E-state index contributed by atoms with van der Waals surface area (Å²) in [5, 5.41) is 2.80. The highest BCUT2D eigenvalue weighted by atomic mass is 16.5. The van der Waals surface area contributed by atoms with Gasteiger partial charge in [-0.15, -0.1) is 0 Å². The van der Waals surface area contributed by atoms with Crippen molar-refractivity contribution in [2.45, 2.75) is 26.3 Å². The fourth-order valence-corrected chi connectivity index (χ4v) is 1.43. The minimum atomic E-state index is -0.531. The smallest absolute Gasteiger partial charge is 0.241 e. The van der Waals surface area contributed by atoms with E-state index in [2.05, 4.69) is 5.32 Å². The van der Waals surface area contributed by atoms with Crippen molar-refractivity contribution in [3.63, 3.8) is 0 Å². The van der Waals surface area contributed by atoms with Crippen LogP contribution < -0.4 is 11.1 Å². The minimum absolute atomic E-state index is 0.176. The molecule has 4 heteroatoms. The van der Waals surface area contributed by atoms with Gasteiger partial charge in [0.2, 0.25) is 5.91 Å². The molecule has 0 saturated carbocycles. The predicted octanol–water partition coefficient (Wildman–Crippen LogP) is 1.61. The summed E-state index contributed by atoms with van der Waals surface area (Å²) in [6.07, 6.45) is 0.521. The molecule has 1 aromatic rings. The molecule has 1 amide bonds. The van der Waals surface area contributed by atoms with Crippen LogP contribution in [-0.4, -0.2) is 25.7 Å². The molecule has 0 aliphatic heterocycles. The predicted molar refractivity (Wildman–Crippen MR) is 69.0 cm³/mol. The van der Waals surface area contributed by atoms with Gasteiger partial charge in [0.15, 0.2) is 0 Å².